The standard InChI is InChI=1S/C49H66N3O3.BrH/c1-35(2)12-11-13-36(3)44-24-25-45-43-23-16-38-34-42(26-28-48(38,4)46(43)27-29-49(44,45)5)55-47(53)37-14-17-39(18-15-37)50-51-40-19-21-41(22-20-40)54-33-10-9-32-52-30-7-6-8-31-52;/h6-8,14-22,30-31,35-36,42-46H,9-13,23-29,32-34H2,1-5H3;1H/q+1;/p-1. The summed E-state index contributed by atoms with van der Waals surface area (Å²) in [5.41, 5.74) is 4.33. The minimum atomic E-state index is -0.242. The first-order valence-corrected chi connectivity index (χ1v) is 21.7. The summed E-state index contributed by atoms with van der Waals surface area (Å²) in [6.07, 6.45) is 22.7. The molecule has 7 rings (SSSR count). The van der Waals surface area contributed by atoms with Crippen molar-refractivity contribution in [1.82, 2.24) is 0 Å². The zero-order chi connectivity index (χ0) is 38.4. The van der Waals surface area contributed by atoms with Crippen molar-refractivity contribution >= 4 is 17.3 Å². The normalized spacial score (nSPS) is 28.8. The Balaban J connectivity index is 0.00000532. The third-order valence-corrected chi connectivity index (χ3v) is 14.6. The predicted octanol–water partition coefficient (Wildman–Crippen LogP) is 9.82. The number of hydrogen-bond donors (Lipinski definition) is 0. The van der Waals surface area contributed by atoms with Crippen molar-refractivity contribution in [1.29, 1.82) is 0 Å². The molecule has 3 fully saturated rings. The first-order valence-electron chi connectivity index (χ1n) is 21.7. The van der Waals surface area contributed by atoms with Gasteiger partial charge >= 0.3 is 5.97 Å². The first-order chi connectivity index (χ1) is 26.6. The lowest BCUT2D eigenvalue weighted by Gasteiger charge is -2.58. The van der Waals surface area contributed by atoms with Crippen LogP contribution in [0.2, 0.25) is 0 Å². The number of carbonyl (C=O) groups excluding carboxylic acids is 1. The van der Waals surface area contributed by atoms with E-state index in [2.05, 4.69) is 80.0 Å². The molecule has 1 heterocycles. The lowest BCUT2D eigenvalue weighted by molar-refractivity contribution is -0.697. The van der Waals surface area contributed by atoms with Crippen LogP contribution >= 0.6 is 0 Å². The van der Waals surface area contributed by atoms with Gasteiger partial charge in [0.05, 0.1) is 23.5 Å². The molecule has 8 atom stereocenters. The van der Waals surface area contributed by atoms with Crippen molar-refractivity contribution in [3.63, 3.8) is 0 Å². The lowest BCUT2D eigenvalue weighted by Crippen LogP contribution is -3.00. The number of ether oxygens (including phenoxy) is 2. The smallest absolute Gasteiger partial charge is 0.338 e. The van der Waals surface area contributed by atoms with Gasteiger partial charge in [-0.3, -0.25) is 0 Å². The van der Waals surface area contributed by atoms with Crippen LogP contribution in [0.25, 0.3) is 0 Å². The molecule has 8 unspecified atom stereocenters. The van der Waals surface area contributed by atoms with Gasteiger partial charge in [0, 0.05) is 25.0 Å². The third kappa shape index (κ3) is 9.68. The topological polar surface area (TPSA) is 64.1 Å². The molecule has 4 aliphatic carbocycles. The number of rotatable bonds is 15. The molecule has 0 radical (unpaired) electrons. The lowest BCUT2D eigenvalue weighted by atomic mass is 9.47. The highest BCUT2D eigenvalue weighted by atomic mass is 79.9. The van der Waals surface area contributed by atoms with Gasteiger partial charge in [-0.05, 0) is 146 Å². The number of azo groups is 1. The van der Waals surface area contributed by atoms with Gasteiger partial charge in [0.15, 0.2) is 12.4 Å². The average Bonchev–Trinajstić information content (AvgIpc) is 3.55. The van der Waals surface area contributed by atoms with Gasteiger partial charge in [0.25, 0.3) is 0 Å². The molecular formula is C49H66BrN3O3. The Bertz CT molecular complexity index is 1780. The number of aryl methyl sites for hydroxylation is 1. The van der Waals surface area contributed by atoms with Gasteiger partial charge in [0.1, 0.15) is 18.4 Å². The van der Waals surface area contributed by atoms with Gasteiger partial charge in [-0.25, -0.2) is 9.36 Å². The van der Waals surface area contributed by atoms with Crippen LogP contribution in [0.1, 0.15) is 128 Å². The second-order valence-electron chi connectivity index (χ2n) is 18.5. The molecule has 6 nitrogen and oxygen atoms in total. The number of esters is 1. The van der Waals surface area contributed by atoms with Crippen LogP contribution in [-0.4, -0.2) is 18.7 Å². The monoisotopic (exact) mass is 823 g/mol. The summed E-state index contributed by atoms with van der Waals surface area (Å²) in [6.45, 7) is 14.2. The first kappa shape index (κ1) is 42.3. The highest BCUT2D eigenvalue weighted by Gasteiger charge is 2.59. The van der Waals surface area contributed by atoms with Crippen LogP contribution in [0.4, 0.5) is 11.4 Å². The van der Waals surface area contributed by atoms with Gasteiger partial charge in [-0.1, -0.05) is 71.6 Å². The summed E-state index contributed by atoms with van der Waals surface area (Å²) in [5, 5.41) is 8.80. The molecule has 4 aliphatic rings. The van der Waals surface area contributed by atoms with E-state index >= 15 is 0 Å². The van der Waals surface area contributed by atoms with Crippen molar-refractivity contribution in [2.45, 2.75) is 131 Å². The Labute approximate surface area is 347 Å². The van der Waals surface area contributed by atoms with Crippen LogP contribution in [-0.2, 0) is 11.3 Å². The minimum Gasteiger partial charge on any atom is -1.00 e. The highest BCUT2D eigenvalue weighted by Crippen LogP contribution is 2.67. The summed E-state index contributed by atoms with van der Waals surface area (Å²) in [5.74, 6) is 5.58. The van der Waals surface area contributed by atoms with Crippen molar-refractivity contribution in [2.24, 2.45) is 56.6 Å². The summed E-state index contributed by atoms with van der Waals surface area (Å²) in [4.78, 5) is 13.3. The van der Waals surface area contributed by atoms with E-state index in [4.69, 9.17) is 9.47 Å². The number of hydrogen-bond acceptors (Lipinski definition) is 5. The molecule has 0 spiro atoms. The minimum absolute atomic E-state index is 0. The van der Waals surface area contributed by atoms with E-state index in [1.165, 1.54) is 51.4 Å². The molecule has 0 bridgehead atoms. The van der Waals surface area contributed by atoms with Crippen molar-refractivity contribution in [2.75, 3.05) is 6.61 Å². The third-order valence-electron chi connectivity index (χ3n) is 14.6. The summed E-state index contributed by atoms with van der Waals surface area (Å²) in [7, 11) is 0. The van der Waals surface area contributed by atoms with Crippen molar-refractivity contribution in [3.8, 4) is 5.75 Å². The molecule has 56 heavy (non-hydrogen) atoms. The van der Waals surface area contributed by atoms with Gasteiger partial charge in [-0.2, -0.15) is 10.2 Å². The summed E-state index contributed by atoms with van der Waals surface area (Å²) in [6, 6.07) is 21.1. The second kappa shape index (κ2) is 19.0. The maximum absolute atomic E-state index is 13.3. The number of allylic oxidation sites excluding steroid dienone is 1. The molecule has 302 valence electrons. The van der Waals surface area contributed by atoms with Gasteiger partial charge in [-0.15, -0.1) is 0 Å². The number of aromatic nitrogens is 1. The molecule has 7 heteroatoms. The Kier molecular flexibility index (Phi) is 14.3. The number of halogens is 1. The fourth-order valence-electron chi connectivity index (χ4n) is 11.5. The molecule has 0 aliphatic heterocycles. The summed E-state index contributed by atoms with van der Waals surface area (Å²) < 4.78 is 14.3. The zero-order valence-electron chi connectivity index (χ0n) is 34.7. The number of benzene rings is 2. The SMILES string of the molecule is CC(C)CCCC(C)C1CCC2C3CC=C4CC(OC(=O)c5ccc(N=Nc6ccc(OCCCC[n+]7ccccc7)cc6)cc5)CCC4(C)C3CCC12C.[Br-]. The van der Waals surface area contributed by atoms with Gasteiger partial charge < -0.3 is 26.5 Å². The molecule has 0 saturated heterocycles. The quantitative estimate of drug-likeness (QED) is 0.0504. The number of fused-ring (bicyclic) bond motifs is 5. The maximum Gasteiger partial charge on any atom is 0.338 e. The Morgan fingerprint density at radius 3 is 2.25 bits per heavy atom. The van der Waals surface area contributed by atoms with E-state index in [-0.39, 0.29) is 34.5 Å². The zero-order valence-corrected chi connectivity index (χ0v) is 36.3. The van der Waals surface area contributed by atoms with Crippen LogP contribution in [0, 0.1) is 46.3 Å². The predicted molar refractivity (Wildman–Crippen MR) is 221 cm³/mol. The fourth-order valence-corrected chi connectivity index (χ4v) is 11.5. The molecule has 3 saturated carbocycles. The number of nitrogens with zero attached hydrogens (tertiary/aromatic N) is 3. The van der Waals surface area contributed by atoms with E-state index in [9.17, 15) is 4.79 Å². The second-order valence-corrected chi connectivity index (χ2v) is 18.5. The van der Waals surface area contributed by atoms with Crippen LogP contribution < -0.4 is 26.3 Å². The van der Waals surface area contributed by atoms with E-state index < -0.39 is 0 Å². The Morgan fingerprint density at radius 1 is 0.821 bits per heavy atom. The Morgan fingerprint density at radius 2 is 1.54 bits per heavy atom. The Hall–Kier alpha value is -3.32. The number of carbonyl (C=O) groups is 1. The van der Waals surface area contributed by atoms with Crippen LogP contribution in [0.15, 0.2) is 101 Å². The van der Waals surface area contributed by atoms with Crippen molar-refractivity contribution < 1.29 is 35.8 Å². The largest absolute Gasteiger partial charge is 1.00 e. The van der Waals surface area contributed by atoms with Crippen LogP contribution in [0.5, 0.6) is 5.75 Å². The number of pyridine rings is 1. The van der Waals surface area contributed by atoms with Crippen molar-refractivity contribution in [3.05, 3.63) is 96.3 Å². The summed E-state index contributed by atoms with van der Waals surface area (Å²) >= 11 is 0. The van der Waals surface area contributed by atoms with E-state index in [0.717, 1.165) is 85.6 Å². The molecule has 0 N–H and O–H groups in total. The van der Waals surface area contributed by atoms with E-state index in [1.54, 1.807) is 17.7 Å². The molecule has 0 amide bonds. The fraction of sp³-hybridized carbons (Fsp3) is 0.592. The molecule has 3 aromatic rings. The average molecular weight is 825 g/mol. The molecule has 2 aromatic carbocycles. The van der Waals surface area contributed by atoms with Crippen LogP contribution in [0.3, 0.4) is 0 Å². The molecular weight excluding hydrogens is 758 g/mol. The van der Waals surface area contributed by atoms with E-state index in [1.807, 2.05) is 42.5 Å². The number of unbranched alkanes of at least 4 members (excludes halogenated alkanes) is 1. The maximum atomic E-state index is 13.3. The molecule has 1 aromatic heterocycles. The highest BCUT2D eigenvalue weighted by molar-refractivity contribution is 5.89. The van der Waals surface area contributed by atoms with Gasteiger partial charge in [0.2, 0.25) is 0 Å². The van der Waals surface area contributed by atoms with E-state index in [0.29, 0.717) is 23.3 Å².